The molecule has 0 heterocycles. The van der Waals surface area contributed by atoms with Gasteiger partial charge in [0.2, 0.25) is 0 Å². The van der Waals surface area contributed by atoms with E-state index in [1.165, 1.54) is 6.07 Å². The predicted molar refractivity (Wildman–Crippen MR) is 105 cm³/mol. The monoisotopic (exact) mass is 368 g/mol. The quantitative estimate of drug-likeness (QED) is 0.542. The van der Waals surface area contributed by atoms with Crippen LogP contribution < -0.4 is 16.0 Å². The highest BCUT2D eigenvalue weighted by molar-refractivity contribution is 5.94. The van der Waals surface area contributed by atoms with Crippen molar-refractivity contribution in [3.8, 4) is 0 Å². The highest BCUT2D eigenvalue weighted by Gasteiger charge is 2.45. The van der Waals surface area contributed by atoms with Gasteiger partial charge in [-0.1, -0.05) is 30.3 Å². The number of carbonyl (C=O) groups excluding carboxylic acids is 1. The summed E-state index contributed by atoms with van der Waals surface area (Å²) in [5.41, 5.74) is 2.22. The lowest BCUT2D eigenvalue weighted by molar-refractivity contribution is 0.0963. The van der Waals surface area contributed by atoms with Crippen molar-refractivity contribution in [2.75, 3.05) is 20.6 Å². The van der Waals surface area contributed by atoms with E-state index >= 15 is 0 Å². The molecule has 1 fully saturated rings. The topological polar surface area (TPSA) is 65.5 Å². The molecule has 1 aliphatic rings. The molecule has 0 radical (unpaired) electrons. The van der Waals surface area contributed by atoms with E-state index < -0.39 is 0 Å². The van der Waals surface area contributed by atoms with E-state index in [-0.39, 0.29) is 17.1 Å². The fourth-order valence-electron chi connectivity index (χ4n) is 3.21. The normalized spacial score (nSPS) is 15.1. The molecule has 0 saturated heterocycles. The molecule has 1 amide bonds. The second kappa shape index (κ2) is 8.20. The van der Waals surface area contributed by atoms with Crippen molar-refractivity contribution in [2.45, 2.75) is 24.8 Å². The lowest BCUT2D eigenvalue weighted by Gasteiger charge is -2.19. The fourth-order valence-corrected chi connectivity index (χ4v) is 3.21. The smallest absolute Gasteiger partial charge is 0.251 e. The van der Waals surface area contributed by atoms with Crippen molar-refractivity contribution in [1.82, 2.24) is 16.0 Å². The number of benzene rings is 2. The van der Waals surface area contributed by atoms with Gasteiger partial charge in [0, 0.05) is 38.2 Å². The molecule has 2 aromatic carbocycles. The van der Waals surface area contributed by atoms with Gasteiger partial charge in [-0.15, -0.1) is 0 Å². The first kappa shape index (κ1) is 18.9. The lowest BCUT2D eigenvalue weighted by atomic mass is 9.95. The molecule has 0 unspecified atom stereocenters. The summed E-state index contributed by atoms with van der Waals surface area (Å²) in [5.74, 6) is 0.397. The zero-order valence-corrected chi connectivity index (χ0v) is 15.7. The van der Waals surface area contributed by atoms with Gasteiger partial charge in [0.05, 0.1) is 0 Å². The minimum atomic E-state index is -0.151. The first-order valence-electron chi connectivity index (χ1n) is 9.08. The molecule has 6 heteroatoms. The lowest BCUT2D eigenvalue weighted by Crippen LogP contribution is -2.41. The Morgan fingerprint density at radius 2 is 1.93 bits per heavy atom. The molecule has 0 aliphatic heterocycles. The largest absolute Gasteiger partial charge is 0.356 e. The summed E-state index contributed by atoms with van der Waals surface area (Å²) in [6.45, 7) is 1.17. The van der Waals surface area contributed by atoms with Gasteiger partial charge in [-0.3, -0.25) is 9.79 Å². The first-order valence-corrected chi connectivity index (χ1v) is 9.08. The Kier molecular flexibility index (Phi) is 5.74. The van der Waals surface area contributed by atoms with Crippen LogP contribution in [0.15, 0.2) is 53.5 Å². The number of nitrogens with zero attached hydrogens (tertiary/aromatic N) is 1. The third kappa shape index (κ3) is 4.45. The van der Waals surface area contributed by atoms with E-state index in [1.54, 1.807) is 26.2 Å². The van der Waals surface area contributed by atoms with Crippen LogP contribution in [0.25, 0.3) is 0 Å². The molecular formula is C21H25FN4O. The average Bonchev–Trinajstić information content (AvgIpc) is 3.49. The van der Waals surface area contributed by atoms with Gasteiger partial charge in [0.25, 0.3) is 5.91 Å². The van der Waals surface area contributed by atoms with Crippen LogP contribution in [0, 0.1) is 5.82 Å². The van der Waals surface area contributed by atoms with Gasteiger partial charge in [-0.2, -0.15) is 0 Å². The Hall–Kier alpha value is -2.89. The van der Waals surface area contributed by atoms with Gasteiger partial charge in [0.15, 0.2) is 5.96 Å². The Bertz CT molecular complexity index is 846. The molecule has 5 nitrogen and oxygen atoms in total. The van der Waals surface area contributed by atoms with Crippen LogP contribution in [0.1, 0.15) is 34.3 Å². The maximum atomic E-state index is 14.1. The van der Waals surface area contributed by atoms with Crippen LogP contribution in [0.2, 0.25) is 0 Å². The van der Waals surface area contributed by atoms with Crippen LogP contribution in [0.3, 0.4) is 0 Å². The number of nitrogens with one attached hydrogen (secondary N) is 3. The van der Waals surface area contributed by atoms with E-state index in [9.17, 15) is 9.18 Å². The van der Waals surface area contributed by atoms with Gasteiger partial charge in [0.1, 0.15) is 5.82 Å². The van der Waals surface area contributed by atoms with E-state index in [1.807, 2.05) is 30.3 Å². The van der Waals surface area contributed by atoms with Crippen molar-refractivity contribution >= 4 is 11.9 Å². The maximum absolute atomic E-state index is 14.1. The Labute approximate surface area is 159 Å². The van der Waals surface area contributed by atoms with Crippen LogP contribution in [0.4, 0.5) is 4.39 Å². The second-order valence-electron chi connectivity index (χ2n) is 6.82. The Morgan fingerprint density at radius 1 is 1.15 bits per heavy atom. The summed E-state index contributed by atoms with van der Waals surface area (Å²) in [6, 6.07) is 14.4. The zero-order chi connectivity index (χ0) is 19.3. The number of amides is 1. The average molecular weight is 368 g/mol. The molecule has 142 valence electrons. The third-order valence-corrected chi connectivity index (χ3v) is 4.99. The van der Waals surface area contributed by atoms with Crippen LogP contribution in [0.5, 0.6) is 0 Å². The predicted octanol–water partition coefficient (Wildman–Crippen LogP) is 2.58. The molecule has 0 aromatic heterocycles. The summed E-state index contributed by atoms with van der Waals surface area (Å²) in [7, 11) is 3.32. The van der Waals surface area contributed by atoms with Crippen molar-refractivity contribution in [2.24, 2.45) is 4.99 Å². The van der Waals surface area contributed by atoms with Gasteiger partial charge >= 0.3 is 0 Å². The molecular weight excluding hydrogens is 343 g/mol. The third-order valence-electron chi connectivity index (χ3n) is 4.99. The summed E-state index contributed by atoms with van der Waals surface area (Å²) in [5, 5.41) is 9.18. The van der Waals surface area contributed by atoms with Crippen LogP contribution >= 0.6 is 0 Å². The number of guanidine groups is 1. The Morgan fingerprint density at radius 3 is 2.59 bits per heavy atom. The number of hydrogen-bond acceptors (Lipinski definition) is 2. The molecule has 1 saturated carbocycles. The van der Waals surface area contributed by atoms with Crippen molar-refractivity contribution in [3.63, 3.8) is 0 Å². The van der Waals surface area contributed by atoms with Gasteiger partial charge in [-0.25, -0.2) is 4.39 Å². The molecule has 1 aliphatic carbocycles. The summed E-state index contributed by atoms with van der Waals surface area (Å²) in [4.78, 5) is 16.0. The van der Waals surface area contributed by atoms with Crippen molar-refractivity contribution in [1.29, 1.82) is 0 Å². The zero-order valence-electron chi connectivity index (χ0n) is 15.7. The van der Waals surface area contributed by atoms with Gasteiger partial charge < -0.3 is 16.0 Å². The molecule has 0 atom stereocenters. The first-order chi connectivity index (χ1) is 13.1. The van der Waals surface area contributed by atoms with Crippen molar-refractivity contribution < 1.29 is 9.18 Å². The minimum Gasteiger partial charge on any atom is -0.356 e. The SMILES string of the molecule is CN=C(NCc1cccc(C(=O)NC)c1)NCC1(c2ccccc2F)CC1. The molecule has 3 N–H and O–H groups in total. The van der Waals surface area contributed by atoms with Gasteiger partial charge in [-0.05, 0) is 42.2 Å². The summed E-state index contributed by atoms with van der Waals surface area (Å²) in [6.07, 6.45) is 1.93. The minimum absolute atomic E-state index is 0.111. The number of aliphatic imine (C=N–C) groups is 1. The molecule has 0 spiro atoms. The number of carbonyl (C=O) groups is 1. The van der Waals surface area contributed by atoms with Crippen molar-refractivity contribution in [3.05, 3.63) is 71.0 Å². The van der Waals surface area contributed by atoms with E-state index in [2.05, 4.69) is 20.9 Å². The molecule has 0 bridgehead atoms. The number of rotatable bonds is 6. The molecule has 3 rings (SSSR count). The number of halogens is 1. The van der Waals surface area contributed by atoms with E-state index in [0.29, 0.717) is 24.6 Å². The highest BCUT2D eigenvalue weighted by atomic mass is 19.1. The van der Waals surface area contributed by atoms with Crippen LogP contribution in [-0.4, -0.2) is 32.5 Å². The summed E-state index contributed by atoms with van der Waals surface area (Å²) >= 11 is 0. The highest BCUT2D eigenvalue weighted by Crippen LogP contribution is 2.48. The Balaban J connectivity index is 1.58. The summed E-state index contributed by atoms with van der Waals surface area (Å²) < 4.78 is 14.1. The molecule has 2 aromatic rings. The second-order valence-corrected chi connectivity index (χ2v) is 6.82. The molecule has 27 heavy (non-hydrogen) atoms. The standard InChI is InChI=1S/C21H25FN4O/c1-23-19(27)16-7-5-6-15(12-16)13-25-20(24-2)26-14-21(10-11-21)17-8-3-4-9-18(17)22/h3-9,12H,10-11,13-14H2,1-2H3,(H,23,27)(H2,24,25,26). The van der Waals surface area contributed by atoms with E-state index in [4.69, 9.17) is 0 Å². The van der Waals surface area contributed by atoms with Crippen LogP contribution in [-0.2, 0) is 12.0 Å². The maximum Gasteiger partial charge on any atom is 0.251 e. The number of hydrogen-bond donors (Lipinski definition) is 3. The fraction of sp³-hybridized carbons (Fsp3) is 0.333. The van der Waals surface area contributed by atoms with E-state index in [0.717, 1.165) is 24.0 Å².